The lowest BCUT2D eigenvalue weighted by Crippen LogP contribution is -2.42. The van der Waals surface area contributed by atoms with E-state index >= 15 is 0 Å². The number of nitrogens with zero attached hydrogens (tertiary/aromatic N) is 2. The molecule has 0 rings (SSSR count). The maximum absolute atomic E-state index is 10.7. The number of hydrogen-bond acceptors (Lipinski definition) is 5. The highest BCUT2D eigenvalue weighted by molar-refractivity contribution is 5.71. The van der Waals surface area contributed by atoms with Crippen molar-refractivity contribution in [3.05, 3.63) is 0 Å². The molecule has 0 saturated carbocycles. The first-order valence-electron chi connectivity index (χ1n) is 6.71. The van der Waals surface area contributed by atoms with Gasteiger partial charge in [-0.15, -0.1) is 0 Å². The lowest BCUT2D eigenvalue weighted by atomic mass is 9.97. The highest BCUT2D eigenvalue weighted by atomic mass is 16.2. The van der Waals surface area contributed by atoms with Gasteiger partial charge in [0.15, 0.2) is 0 Å². The fraction of sp³-hybridized carbons (Fsp3) is 0.818. The number of primary amides is 2. The summed E-state index contributed by atoms with van der Waals surface area (Å²) >= 11 is 0. The largest absolute Gasteiger partial charge is 0.350 e. The average Bonchev–Trinajstić information content (AvgIpc) is 2.40. The van der Waals surface area contributed by atoms with Crippen LogP contribution in [0.5, 0.6) is 0 Å². The molecule has 4 amide bonds. The molecule has 0 fully saturated rings. The first-order chi connectivity index (χ1) is 9.38. The third kappa shape index (κ3) is 8.51. The van der Waals surface area contributed by atoms with Crippen molar-refractivity contribution >= 4 is 12.1 Å². The molecule has 0 aliphatic rings. The van der Waals surface area contributed by atoms with E-state index in [0.717, 1.165) is 42.1 Å². The molecular formula is C11H27N7O2. The van der Waals surface area contributed by atoms with Crippen molar-refractivity contribution in [2.75, 3.05) is 19.6 Å². The zero-order valence-electron chi connectivity index (χ0n) is 11.8. The minimum atomic E-state index is -0.635. The highest BCUT2D eigenvalue weighted by Gasteiger charge is 2.10. The molecule has 0 aliphatic carbocycles. The summed E-state index contributed by atoms with van der Waals surface area (Å²) in [5.74, 6) is 11.1. The van der Waals surface area contributed by atoms with Crippen LogP contribution in [0, 0.1) is 5.92 Å². The van der Waals surface area contributed by atoms with Crippen LogP contribution < -0.4 is 28.9 Å². The van der Waals surface area contributed by atoms with Gasteiger partial charge in [-0.3, -0.25) is 10.0 Å². The van der Waals surface area contributed by atoms with E-state index in [1.54, 1.807) is 0 Å². The molecule has 118 valence electrons. The minimum absolute atomic E-state index is 0.357. The van der Waals surface area contributed by atoms with Crippen LogP contribution >= 0.6 is 0 Å². The van der Waals surface area contributed by atoms with E-state index < -0.39 is 12.1 Å². The van der Waals surface area contributed by atoms with Crippen molar-refractivity contribution in [3.63, 3.8) is 0 Å². The van der Waals surface area contributed by atoms with Crippen molar-refractivity contribution in [3.8, 4) is 0 Å². The number of rotatable bonds is 10. The van der Waals surface area contributed by atoms with Gasteiger partial charge in [0, 0.05) is 13.1 Å². The average molecular weight is 289 g/mol. The smallest absolute Gasteiger partial charge is 0.328 e. The number of carbonyl (C=O) groups is 2. The number of amides is 4. The number of carbonyl (C=O) groups excluding carboxylic acids is 2. The van der Waals surface area contributed by atoms with Gasteiger partial charge in [-0.2, -0.15) is 0 Å². The third-order valence-electron chi connectivity index (χ3n) is 3.17. The summed E-state index contributed by atoms with van der Waals surface area (Å²) in [7, 11) is 0. The normalized spacial score (nSPS) is 11.9. The van der Waals surface area contributed by atoms with Crippen LogP contribution in [-0.2, 0) is 0 Å². The second-order valence-corrected chi connectivity index (χ2v) is 4.80. The van der Waals surface area contributed by atoms with Crippen LogP contribution in [0.2, 0.25) is 0 Å². The molecule has 0 heterocycles. The third-order valence-corrected chi connectivity index (χ3v) is 3.17. The lowest BCUT2D eigenvalue weighted by molar-refractivity contribution is 0.204. The fourth-order valence-corrected chi connectivity index (χ4v) is 1.87. The van der Waals surface area contributed by atoms with Gasteiger partial charge in [0.2, 0.25) is 0 Å². The Labute approximate surface area is 119 Å². The molecule has 10 N–H and O–H groups in total. The lowest BCUT2D eigenvalue weighted by Gasteiger charge is -2.18. The summed E-state index contributed by atoms with van der Waals surface area (Å²) in [4.78, 5) is 21.4. The zero-order chi connectivity index (χ0) is 15.5. The zero-order valence-corrected chi connectivity index (χ0v) is 11.8. The van der Waals surface area contributed by atoms with Gasteiger partial charge < -0.3 is 17.2 Å². The van der Waals surface area contributed by atoms with Crippen LogP contribution in [0.1, 0.15) is 32.1 Å². The maximum atomic E-state index is 10.7. The molecule has 20 heavy (non-hydrogen) atoms. The Bertz CT molecular complexity index is 300. The summed E-state index contributed by atoms with van der Waals surface area (Å²) < 4.78 is 0. The van der Waals surface area contributed by atoms with Crippen molar-refractivity contribution in [1.82, 2.24) is 10.0 Å². The van der Waals surface area contributed by atoms with Crippen LogP contribution in [0.3, 0.4) is 0 Å². The van der Waals surface area contributed by atoms with Gasteiger partial charge >= 0.3 is 12.1 Å². The molecule has 0 aromatic heterocycles. The number of hydrogen-bond donors (Lipinski definition) is 5. The summed E-state index contributed by atoms with van der Waals surface area (Å²) in [6.07, 6.45) is 4.25. The molecule has 0 saturated heterocycles. The van der Waals surface area contributed by atoms with Crippen molar-refractivity contribution in [1.29, 1.82) is 0 Å². The first-order valence-corrected chi connectivity index (χ1v) is 6.71. The molecule has 0 aromatic rings. The summed E-state index contributed by atoms with van der Waals surface area (Å²) in [5.41, 5.74) is 15.7. The van der Waals surface area contributed by atoms with E-state index in [-0.39, 0.29) is 0 Å². The first kappa shape index (κ1) is 18.4. The predicted molar refractivity (Wildman–Crippen MR) is 76.6 cm³/mol. The molecule has 9 heteroatoms. The van der Waals surface area contributed by atoms with E-state index in [2.05, 4.69) is 0 Å². The molecule has 0 aliphatic heterocycles. The number of urea groups is 2. The SMILES string of the molecule is NCC(CCCCN(N)C(N)=O)CCCN(N)C(N)=O. The predicted octanol–water partition coefficient (Wildman–Crippen LogP) is -0.979. The van der Waals surface area contributed by atoms with E-state index in [1.807, 2.05) is 0 Å². The van der Waals surface area contributed by atoms with Gasteiger partial charge in [0.1, 0.15) is 0 Å². The van der Waals surface area contributed by atoms with Gasteiger partial charge in [-0.1, -0.05) is 6.42 Å². The minimum Gasteiger partial charge on any atom is -0.350 e. The molecule has 0 radical (unpaired) electrons. The maximum Gasteiger partial charge on any atom is 0.328 e. The van der Waals surface area contributed by atoms with Gasteiger partial charge in [-0.05, 0) is 38.1 Å². The van der Waals surface area contributed by atoms with Gasteiger partial charge in [-0.25, -0.2) is 21.3 Å². The summed E-state index contributed by atoms with van der Waals surface area (Å²) in [6.45, 7) is 1.43. The topological polar surface area (TPSA) is 171 Å². The van der Waals surface area contributed by atoms with Crippen LogP contribution in [0.15, 0.2) is 0 Å². The van der Waals surface area contributed by atoms with Gasteiger partial charge in [0.05, 0.1) is 0 Å². The van der Waals surface area contributed by atoms with Crippen LogP contribution in [0.4, 0.5) is 9.59 Å². The fourth-order valence-electron chi connectivity index (χ4n) is 1.87. The second-order valence-electron chi connectivity index (χ2n) is 4.80. The molecule has 0 aromatic carbocycles. The number of hydrazine groups is 2. The summed E-state index contributed by atoms with van der Waals surface area (Å²) in [6, 6.07) is -1.27. The number of unbranched alkanes of at least 4 members (excludes halogenated alkanes) is 1. The quantitative estimate of drug-likeness (QED) is 0.150. The van der Waals surface area contributed by atoms with E-state index in [9.17, 15) is 9.59 Å². The van der Waals surface area contributed by atoms with Gasteiger partial charge in [0.25, 0.3) is 0 Å². The van der Waals surface area contributed by atoms with E-state index in [0.29, 0.717) is 25.6 Å². The summed E-state index contributed by atoms with van der Waals surface area (Å²) in [5, 5.41) is 1.99. The van der Waals surface area contributed by atoms with Crippen molar-refractivity contribution in [2.24, 2.45) is 34.8 Å². The van der Waals surface area contributed by atoms with E-state index in [4.69, 9.17) is 28.9 Å². The Hall–Kier alpha value is -1.58. The molecule has 1 unspecified atom stereocenters. The Kier molecular flexibility index (Phi) is 9.43. The Morgan fingerprint density at radius 2 is 1.30 bits per heavy atom. The molecular weight excluding hydrogens is 262 g/mol. The Morgan fingerprint density at radius 3 is 1.75 bits per heavy atom. The van der Waals surface area contributed by atoms with Crippen molar-refractivity contribution < 1.29 is 9.59 Å². The van der Waals surface area contributed by atoms with E-state index in [1.165, 1.54) is 0 Å². The molecule has 0 spiro atoms. The second kappa shape index (κ2) is 10.2. The van der Waals surface area contributed by atoms with Crippen LogP contribution in [0.25, 0.3) is 0 Å². The Morgan fingerprint density at radius 1 is 0.850 bits per heavy atom. The number of nitrogens with two attached hydrogens (primary N) is 5. The standard InChI is InChI=1S/C11H27N7O2/c12-8-9(5-3-7-18(16)11(14)20)4-1-2-6-17(15)10(13)19/h9H,1-8,12,15-16H2,(H2,13,19)(H2,14,20). The highest BCUT2D eigenvalue weighted by Crippen LogP contribution is 2.13. The molecule has 0 bridgehead atoms. The molecule has 1 atom stereocenters. The molecule has 9 nitrogen and oxygen atoms in total. The monoisotopic (exact) mass is 289 g/mol. The van der Waals surface area contributed by atoms with Crippen LogP contribution in [-0.4, -0.2) is 41.7 Å². The Balaban J connectivity index is 3.71. The van der Waals surface area contributed by atoms with Crippen molar-refractivity contribution in [2.45, 2.75) is 32.1 Å².